The standard InChI is InChI=1S/C8H12INO2/c1-2-3-4-7(5-6-9)10-8(11)12/h7,10H,2-4H2,1H3,(H,11,12). The number of halogens is 1. The maximum Gasteiger partial charge on any atom is 0.405 e. The summed E-state index contributed by atoms with van der Waals surface area (Å²) in [7, 11) is 0. The molecule has 12 heavy (non-hydrogen) atoms. The fourth-order valence-electron chi connectivity index (χ4n) is 0.804. The molecule has 1 unspecified atom stereocenters. The Kier molecular flexibility index (Phi) is 6.96. The van der Waals surface area contributed by atoms with Gasteiger partial charge in [-0.15, -0.1) is 0 Å². The molecule has 0 bridgehead atoms. The number of rotatable bonds is 4. The molecule has 0 rings (SSSR count). The second-order valence-corrected chi connectivity index (χ2v) is 2.92. The van der Waals surface area contributed by atoms with Crippen LogP contribution in [0.1, 0.15) is 26.2 Å². The summed E-state index contributed by atoms with van der Waals surface area (Å²) < 4.78 is 2.68. The number of carbonyl (C=O) groups is 1. The zero-order valence-electron chi connectivity index (χ0n) is 6.93. The van der Waals surface area contributed by atoms with Crippen molar-refractivity contribution in [1.29, 1.82) is 0 Å². The van der Waals surface area contributed by atoms with Gasteiger partial charge in [0.05, 0.1) is 6.04 Å². The molecule has 0 heterocycles. The molecule has 0 aliphatic rings. The SMILES string of the molecule is CCCCC(C#CI)NC(=O)O. The van der Waals surface area contributed by atoms with Crippen LogP contribution in [-0.4, -0.2) is 17.2 Å². The van der Waals surface area contributed by atoms with E-state index < -0.39 is 6.09 Å². The Morgan fingerprint density at radius 1 is 1.75 bits per heavy atom. The van der Waals surface area contributed by atoms with Crippen LogP contribution >= 0.6 is 22.6 Å². The van der Waals surface area contributed by atoms with E-state index in [0.29, 0.717) is 0 Å². The second-order valence-electron chi connectivity index (χ2n) is 2.38. The Labute approximate surface area is 86.1 Å². The average Bonchev–Trinajstić information content (AvgIpc) is 2.00. The third kappa shape index (κ3) is 6.28. The maximum absolute atomic E-state index is 10.3. The minimum Gasteiger partial charge on any atom is -0.465 e. The van der Waals surface area contributed by atoms with Gasteiger partial charge in [0.15, 0.2) is 0 Å². The van der Waals surface area contributed by atoms with Crippen molar-refractivity contribution in [2.45, 2.75) is 32.2 Å². The predicted molar refractivity (Wildman–Crippen MR) is 56.3 cm³/mol. The smallest absolute Gasteiger partial charge is 0.405 e. The van der Waals surface area contributed by atoms with Crippen molar-refractivity contribution in [3.05, 3.63) is 0 Å². The van der Waals surface area contributed by atoms with Crippen LogP contribution in [0.15, 0.2) is 0 Å². The van der Waals surface area contributed by atoms with E-state index in [1.54, 1.807) is 0 Å². The van der Waals surface area contributed by atoms with Crippen molar-refractivity contribution in [2.75, 3.05) is 0 Å². The lowest BCUT2D eigenvalue weighted by molar-refractivity contribution is 0.192. The molecule has 0 saturated heterocycles. The molecule has 0 aliphatic carbocycles. The third-order valence-corrected chi connectivity index (χ3v) is 1.68. The van der Waals surface area contributed by atoms with Gasteiger partial charge in [-0.3, -0.25) is 0 Å². The lowest BCUT2D eigenvalue weighted by Crippen LogP contribution is -2.32. The van der Waals surface area contributed by atoms with Gasteiger partial charge in [0.2, 0.25) is 0 Å². The Morgan fingerprint density at radius 3 is 2.83 bits per heavy atom. The van der Waals surface area contributed by atoms with E-state index in [-0.39, 0.29) is 6.04 Å². The van der Waals surface area contributed by atoms with Crippen molar-refractivity contribution in [2.24, 2.45) is 0 Å². The summed E-state index contributed by atoms with van der Waals surface area (Å²) in [5.41, 5.74) is 0. The highest BCUT2D eigenvalue weighted by molar-refractivity contribution is 14.1. The van der Waals surface area contributed by atoms with E-state index in [1.165, 1.54) is 0 Å². The second kappa shape index (κ2) is 7.22. The lowest BCUT2D eigenvalue weighted by atomic mass is 10.1. The summed E-state index contributed by atoms with van der Waals surface area (Å²) in [4.78, 5) is 10.3. The first-order valence-corrected chi connectivity index (χ1v) is 4.89. The molecular formula is C8H12INO2. The van der Waals surface area contributed by atoms with Crippen LogP contribution in [0.25, 0.3) is 0 Å². The molecule has 0 saturated carbocycles. The highest BCUT2D eigenvalue weighted by Gasteiger charge is 2.06. The molecule has 1 atom stereocenters. The van der Waals surface area contributed by atoms with Crippen LogP contribution in [-0.2, 0) is 0 Å². The van der Waals surface area contributed by atoms with Gasteiger partial charge in [0.1, 0.15) is 0 Å². The van der Waals surface area contributed by atoms with Gasteiger partial charge in [-0.05, 0) is 10.3 Å². The molecule has 4 heteroatoms. The molecule has 0 fully saturated rings. The summed E-state index contributed by atoms with van der Waals surface area (Å²) >= 11 is 1.91. The average molecular weight is 281 g/mol. The van der Waals surface area contributed by atoms with Gasteiger partial charge in [0.25, 0.3) is 0 Å². The normalized spacial score (nSPS) is 11.2. The summed E-state index contributed by atoms with van der Waals surface area (Å²) in [6.07, 6.45) is 1.84. The van der Waals surface area contributed by atoms with Gasteiger partial charge in [-0.1, -0.05) is 25.7 Å². The number of amides is 1. The van der Waals surface area contributed by atoms with Crippen LogP contribution in [0, 0.1) is 9.85 Å². The lowest BCUT2D eigenvalue weighted by Gasteiger charge is -2.08. The molecule has 68 valence electrons. The first-order chi connectivity index (χ1) is 5.70. The van der Waals surface area contributed by atoms with Crippen molar-refractivity contribution in [1.82, 2.24) is 5.32 Å². The van der Waals surface area contributed by atoms with E-state index in [2.05, 4.69) is 22.1 Å². The van der Waals surface area contributed by atoms with Gasteiger partial charge < -0.3 is 10.4 Å². The largest absolute Gasteiger partial charge is 0.465 e. The van der Waals surface area contributed by atoms with E-state index in [0.717, 1.165) is 19.3 Å². The molecule has 0 aromatic carbocycles. The Bertz CT molecular complexity index is 195. The van der Waals surface area contributed by atoms with E-state index in [4.69, 9.17) is 5.11 Å². The summed E-state index contributed by atoms with van der Waals surface area (Å²) in [5.74, 6) is 2.79. The van der Waals surface area contributed by atoms with Gasteiger partial charge in [-0.2, -0.15) is 0 Å². The minimum absolute atomic E-state index is 0.209. The van der Waals surface area contributed by atoms with Crippen molar-refractivity contribution < 1.29 is 9.90 Å². The quantitative estimate of drug-likeness (QED) is 0.613. The first-order valence-electron chi connectivity index (χ1n) is 3.81. The highest BCUT2D eigenvalue weighted by Crippen LogP contribution is 1.99. The monoisotopic (exact) mass is 281 g/mol. The van der Waals surface area contributed by atoms with Crippen LogP contribution in [0.3, 0.4) is 0 Å². The van der Waals surface area contributed by atoms with Crippen LogP contribution in [0.4, 0.5) is 4.79 Å². The molecule has 2 N–H and O–H groups in total. The minimum atomic E-state index is -1.00. The van der Waals surface area contributed by atoms with Gasteiger partial charge >= 0.3 is 6.09 Å². The Balaban J connectivity index is 3.83. The zero-order valence-corrected chi connectivity index (χ0v) is 9.09. The van der Waals surface area contributed by atoms with Crippen molar-refractivity contribution >= 4 is 28.7 Å². The summed E-state index contributed by atoms with van der Waals surface area (Å²) in [6.45, 7) is 2.06. The number of hydrogen-bond acceptors (Lipinski definition) is 1. The number of nitrogens with one attached hydrogen (secondary N) is 1. The van der Waals surface area contributed by atoms with Gasteiger partial charge in [-0.25, -0.2) is 4.79 Å². The zero-order chi connectivity index (χ0) is 9.40. The Morgan fingerprint density at radius 2 is 2.42 bits per heavy atom. The molecule has 0 aromatic heterocycles. The van der Waals surface area contributed by atoms with E-state index in [9.17, 15) is 4.79 Å². The molecule has 0 aliphatic heterocycles. The third-order valence-electron chi connectivity index (χ3n) is 1.37. The summed E-state index contributed by atoms with van der Waals surface area (Å²) in [6, 6.07) is -0.209. The fraction of sp³-hybridized carbons (Fsp3) is 0.625. The Hall–Kier alpha value is -0.440. The molecular weight excluding hydrogens is 269 g/mol. The highest BCUT2D eigenvalue weighted by atomic mass is 127. The number of unbranched alkanes of at least 4 members (excludes halogenated alkanes) is 1. The fourth-order valence-corrected chi connectivity index (χ4v) is 1.18. The molecule has 3 nitrogen and oxygen atoms in total. The molecule has 1 amide bonds. The first kappa shape index (κ1) is 11.6. The summed E-state index contributed by atoms with van der Waals surface area (Å²) in [5, 5.41) is 10.8. The molecule has 0 spiro atoms. The van der Waals surface area contributed by atoms with Crippen LogP contribution < -0.4 is 5.32 Å². The van der Waals surface area contributed by atoms with Crippen molar-refractivity contribution in [3.8, 4) is 9.85 Å². The topological polar surface area (TPSA) is 49.3 Å². The number of hydrogen-bond donors (Lipinski definition) is 2. The van der Waals surface area contributed by atoms with Crippen LogP contribution in [0.2, 0.25) is 0 Å². The van der Waals surface area contributed by atoms with Crippen LogP contribution in [0.5, 0.6) is 0 Å². The predicted octanol–water partition coefficient (Wildman–Crippen LogP) is 2.21. The molecule has 0 aromatic rings. The number of carboxylic acid groups (broad SMARTS) is 1. The molecule has 0 radical (unpaired) electrons. The van der Waals surface area contributed by atoms with Crippen molar-refractivity contribution in [3.63, 3.8) is 0 Å². The maximum atomic E-state index is 10.3. The van der Waals surface area contributed by atoms with E-state index >= 15 is 0 Å². The van der Waals surface area contributed by atoms with Gasteiger partial charge in [0, 0.05) is 22.6 Å². The van der Waals surface area contributed by atoms with E-state index in [1.807, 2.05) is 22.6 Å².